The molecule has 4 nitrogen and oxygen atoms in total. The zero-order chi connectivity index (χ0) is 27.1. The fraction of sp³-hybridized carbons (Fsp3) is 0.257. The molecule has 1 heterocycles. The van der Waals surface area contributed by atoms with Crippen LogP contribution in [-0.2, 0) is 9.47 Å². The Labute approximate surface area is 231 Å². The van der Waals surface area contributed by atoms with Gasteiger partial charge in [-0.3, -0.25) is 0 Å². The van der Waals surface area contributed by atoms with Gasteiger partial charge >= 0.3 is 0 Å². The first-order chi connectivity index (χ1) is 19.0. The van der Waals surface area contributed by atoms with Crippen molar-refractivity contribution < 1.29 is 19.7 Å². The van der Waals surface area contributed by atoms with E-state index in [1.165, 1.54) is 16.7 Å². The fourth-order valence-electron chi connectivity index (χ4n) is 5.34. The lowest BCUT2D eigenvalue weighted by atomic mass is 9.96. The van der Waals surface area contributed by atoms with E-state index in [-0.39, 0.29) is 12.2 Å². The van der Waals surface area contributed by atoms with Crippen LogP contribution < -0.4 is 0 Å². The number of aliphatic hydroxyl groups excluding tert-OH is 2. The van der Waals surface area contributed by atoms with Crippen molar-refractivity contribution in [1.29, 1.82) is 0 Å². The topological polar surface area (TPSA) is 58.9 Å². The molecule has 2 aliphatic rings. The molecule has 0 amide bonds. The zero-order valence-electron chi connectivity index (χ0n) is 22.3. The van der Waals surface area contributed by atoms with E-state index in [1.807, 2.05) is 48.5 Å². The van der Waals surface area contributed by atoms with Crippen molar-refractivity contribution in [2.75, 3.05) is 0 Å². The first-order valence-corrected chi connectivity index (χ1v) is 13.6. The van der Waals surface area contributed by atoms with Crippen molar-refractivity contribution in [3.63, 3.8) is 0 Å². The summed E-state index contributed by atoms with van der Waals surface area (Å²) < 4.78 is 13.0. The highest BCUT2D eigenvalue weighted by Gasteiger charge is 2.48. The summed E-state index contributed by atoms with van der Waals surface area (Å²) in [5.74, 6) is -0.566. The lowest BCUT2D eigenvalue weighted by Crippen LogP contribution is -2.30. The number of rotatable bonds is 5. The van der Waals surface area contributed by atoms with Gasteiger partial charge in [-0.2, -0.15) is 0 Å². The Morgan fingerprint density at radius 2 is 1.00 bits per heavy atom. The molecule has 4 aromatic carbocycles. The molecule has 2 N–H and O–H groups in total. The summed E-state index contributed by atoms with van der Waals surface area (Å²) in [5, 5.41) is 20.0. The molecule has 6 rings (SSSR count). The minimum absolute atomic E-state index is 0.0688. The zero-order valence-corrected chi connectivity index (χ0v) is 22.3. The summed E-state index contributed by atoms with van der Waals surface area (Å²) in [6.45, 7) is 2.17. The maximum absolute atomic E-state index is 9.99. The van der Waals surface area contributed by atoms with Gasteiger partial charge in [0.25, 0.3) is 0 Å². The molecule has 0 radical (unpaired) electrons. The second kappa shape index (κ2) is 12.5. The van der Waals surface area contributed by atoms with E-state index in [9.17, 15) is 10.2 Å². The van der Waals surface area contributed by atoms with Crippen LogP contribution in [-0.4, -0.2) is 16.0 Å². The molecule has 1 spiro atoms. The van der Waals surface area contributed by atoms with Gasteiger partial charge in [0.05, 0.1) is 0 Å². The van der Waals surface area contributed by atoms with Crippen molar-refractivity contribution in [3.8, 4) is 0 Å². The Morgan fingerprint density at radius 1 is 0.615 bits per heavy atom. The van der Waals surface area contributed by atoms with E-state index in [0.717, 1.165) is 30.4 Å². The first-order valence-electron chi connectivity index (χ1n) is 13.6. The molecule has 1 fully saturated rings. The van der Waals surface area contributed by atoms with Crippen LogP contribution in [0.4, 0.5) is 0 Å². The second-order valence-electron chi connectivity index (χ2n) is 10.3. The summed E-state index contributed by atoms with van der Waals surface area (Å²) in [7, 11) is 0. The predicted octanol–water partition coefficient (Wildman–Crippen LogP) is 7.80. The third-order valence-electron chi connectivity index (χ3n) is 7.33. The van der Waals surface area contributed by atoms with E-state index in [2.05, 4.69) is 61.5 Å². The van der Waals surface area contributed by atoms with Crippen LogP contribution in [0.3, 0.4) is 0 Å². The first kappa shape index (κ1) is 27.0. The van der Waals surface area contributed by atoms with Crippen LogP contribution in [0.25, 0.3) is 0 Å². The largest absolute Gasteiger partial charge is 0.385 e. The Bertz CT molecular complexity index is 1230. The minimum atomic E-state index is -0.886. The van der Waals surface area contributed by atoms with E-state index in [0.29, 0.717) is 0 Å². The van der Waals surface area contributed by atoms with Crippen LogP contribution >= 0.6 is 0 Å². The van der Waals surface area contributed by atoms with Gasteiger partial charge in [-0.05, 0) is 48.1 Å². The summed E-state index contributed by atoms with van der Waals surface area (Å²) >= 11 is 0. The van der Waals surface area contributed by atoms with Crippen molar-refractivity contribution in [2.24, 2.45) is 0 Å². The summed E-state index contributed by atoms with van der Waals surface area (Å²) in [4.78, 5) is 0. The van der Waals surface area contributed by atoms with Crippen molar-refractivity contribution in [3.05, 3.63) is 155 Å². The molecular weight excluding hydrogens is 484 g/mol. The van der Waals surface area contributed by atoms with Crippen LogP contribution in [0.5, 0.6) is 0 Å². The van der Waals surface area contributed by atoms with Gasteiger partial charge in [0, 0.05) is 6.42 Å². The number of ether oxygens (including phenoxy) is 2. The summed E-state index contributed by atoms with van der Waals surface area (Å²) in [6, 6.07) is 39.2. The Hall–Kier alpha value is -3.54. The third kappa shape index (κ3) is 6.55. The highest BCUT2D eigenvalue weighted by Crippen LogP contribution is 2.51. The van der Waals surface area contributed by atoms with Crippen molar-refractivity contribution in [1.82, 2.24) is 0 Å². The van der Waals surface area contributed by atoms with Crippen molar-refractivity contribution in [2.45, 2.75) is 56.4 Å². The Balaban J connectivity index is 0.000000169. The van der Waals surface area contributed by atoms with Gasteiger partial charge < -0.3 is 19.7 Å². The number of allylic oxidation sites excluding steroid dienone is 1. The minimum Gasteiger partial charge on any atom is -0.385 e. The highest BCUT2D eigenvalue weighted by atomic mass is 16.8. The summed E-state index contributed by atoms with van der Waals surface area (Å²) in [6.07, 6.45) is 3.46. The molecule has 1 aliphatic carbocycles. The average molecular weight is 521 g/mol. The van der Waals surface area contributed by atoms with Crippen LogP contribution in [0, 0.1) is 0 Å². The molecule has 39 heavy (non-hydrogen) atoms. The second-order valence-corrected chi connectivity index (χ2v) is 10.3. The number of hydrogen-bond donors (Lipinski definition) is 2. The maximum atomic E-state index is 9.99. The number of aliphatic hydroxyl groups is 2. The van der Waals surface area contributed by atoms with Gasteiger partial charge in [0.1, 0.15) is 24.4 Å². The van der Waals surface area contributed by atoms with Gasteiger partial charge in [-0.15, -0.1) is 0 Å². The molecule has 1 saturated heterocycles. The maximum Gasteiger partial charge on any atom is 0.189 e. The molecular formula is C35H36O4. The van der Waals surface area contributed by atoms with Crippen LogP contribution in [0.2, 0.25) is 0 Å². The highest BCUT2D eigenvalue weighted by molar-refractivity contribution is 5.28. The molecule has 4 atom stereocenters. The quantitative estimate of drug-likeness (QED) is 0.264. The lowest BCUT2D eigenvalue weighted by Gasteiger charge is -2.29. The van der Waals surface area contributed by atoms with E-state index < -0.39 is 18.0 Å². The molecule has 200 valence electrons. The molecule has 0 saturated carbocycles. The normalized spacial score (nSPS) is 21.4. The summed E-state index contributed by atoms with van der Waals surface area (Å²) in [5.41, 5.74) is 5.15. The van der Waals surface area contributed by atoms with Gasteiger partial charge in [0.2, 0.25) is 0 Å². The third-order valence-corrected chi connectivity index (χ3v) is 7.33. The van der Waals surface area contributed by atoms with Gasteiger partial charge in [-0.25, -0.2) is 0 Å². The van der Waals surface area contributed by atoms with E-state index >= 15 is 0 Å². The standard InChI is InChI=1S/C21H22O2.C14H14O2/c1-16-9-8-14-21(15-16)22-19(17-10-4-2-5-11-17)20(23-21)18-12-6-3-7-13-18;15-13(11-7-3-1-4-8-11)14(16)12-9-5-2-6-10-12/h2-7,10-13,15,19-20H,8-9,14H2,1H3;1-10,13-16H/t19-,20-;13-,14-/m11/s1. The van der Waals surface area contributed by atoms with E-state index in [4.69, 9.17) is 9.47 Å². The molecule has 4 heteroatoms. The van der Waals surface area contributed by atoms with E-state index in [1.54, 1.807) is 24.3 Å². The smallest absolute Gasteiger partial charge is 0.189 e. The van der Waals surface area contributed by atoms with Crippen LogP contribution in [0.15, 0.2) is 133 Å². The monoisotopic (exact) mass is 520 g/mol. The molecule has 4 aromatic rings. The molecule has 1 aliphatic heterocycles. The SMILES string of the molecule is CC1=CC2(CCC1)O[C@H](c1ccccc1)[C@@H](c1ccccc1)O2.O[C@H](c1ccccc1)[C@H](O)c1ccccc1. The molecule has 0 unspecified atom stereocenters. The van der Waals surface area contributed by atoms with Gasteiger partial charge in [0.15, 0.2) is 5.79 Å². The predicted molar refractivity (Wildman–Crippen MR) is 154 cm³/mol. The molecule has 0 aromatic heterocycles. The van der Waals surface area contributed by atoms with Crippen molar-refractivity contribution >= 4 is 0 Å². The fourth-order valence-corrected chi connectivity index (χ4v) is 5.34. The number of benzene rings is 4. The Morgan fingerprint density at radius 3 is 1.38 bits per heavy atom. The Kier molecular flexibility index (Phi) is 8.70. The number of hydrogen-bond acceptors (Lipinski definition) is 4. The lowest BCUT2D eigenvalue weighted by molar-refractivity contribution is -0.146. The van der Waals surface area contributed by atoms with Crippen LogP contribution in [0.1, 0.15) is 72.9 Å². The van der Waals surface area contributed by atoms with Gasteiger partial charge in [-0.1, -0.05) is 127 Å². The molecule has 0 bridgehead atoms. The average Bonchev–Trinajstić information content (AvgIpc) is 3.36.